The van der Waals surface area contributed by atoms with Crippen LogP contribution in [0.3, 0.4) is 0 Å². The summed E-state index contributed by atoms with van der Waals surface area (Å²) in [4.78, 5) is 39.1. The zero-order valence-electron chi connectivity index (χ0n) is 18.1. The molecule has 166 valence electrons. The van der Waals surface area contributed by atoms with Gasteiger partial charge in [-0.2, -0.15) is 0 Å². The van der Waals surface area contributed by atoms with Crippen LogP contribution in [-0.2, 0) is 19.1 Å². The van der Waals surface area contributed by atoms with Crippen molar-refractivity contribution >= 4 is 34.9 Å². The molecule has 33 heavy (non-hydrogen) atoms. The predicted molar refractivity (Wildman–Crippen MR) is 124 cm³/mol. The van der Waals surface area contributed by atoms with E-state index in [0.29, 0.717) is 16.9 Å². The van der Waals surface area contributed by atoms with Crippen molar-refractivity contribution in [2.24, 2.45) is 0 Å². The summed E-state index contributed by atoms with van der Waals surface area (Å²) in [5.41, 5.74) is 2.32. The van der Waals surface area contributed by atoms with Crippen LogP contribution in [0, 0.1) is 0 Å². The molecule has 7 heteroatoms. The summed E-state index contributed by atoms with van der Waals surface area (Å²) in [6.07, 6.45) is 1.25. The summed E-state index contributed by atoms with van der Waals surface area (Å²) in [6.45, 7) is 2.97. The van der Waals surface area contributed by atoms with Gasteiger partial charge in [-0.15, -0.1) is 0 Å². The number of carbonyl (C=O) groups excluding carboxylic acids is 3. The van der Waals surface area contributed by atoms with E-state index in [1.54, 1.807) is 41.3 Å². The third-order valence-corrected chi connectivity index (χ3v) is 4.86. The number of amides is 1. The zero-order chi connectivity index (χ0) is 23.4. The summed E-state index contributed by atoms with van der Waals surface area (Å²) in [6, 6.07) is 25.4. The molecule has 0 atom stereocenters. The van der Waals surface area contributed by atoms with E-state index in [1.807, 2.05) is 48.5 Å². The highest BCUT2D eigenvalue weighted by atomic mass is 16.7. The van der Waals surface area contributed by atoms with Gasteiger partial charge in [0.2, 0.25) is 0 Å². The van der Waals surface area contributed by atoms with Crippen LogP contribution >= 0.6 is 0 Å². The number of hydrogen-bond acceptors (Lipinski definition) is 6. The molecule has 3 aromatic rings. The Morgan fingerprint density at radius 2 is 1.30 bits per heavy atom. The van der Waals surface area contributed by atoms with Crippen LogP contribution in [0.2, 0.25) is 0 Å². The normalized spacial score (nSPS) is 14.7. The SMILES string of the molecule is CC1(C)OC(=O)C(=CNc2ccc(N(C(=O)c3ccccc3)c3ccccc3)cc2)C(=O)O1. The molecule has 7 nitrogen and oxygen atoms in total. The number of nitrogens with one attached hydrogen (secondary N) is 1. The number of rotatable bonds is 5. The lowest BCUT2D eigenvalue weighted by Gasteiger charge is -2.29. The number of ether oxygens (including phenoxy) is 2. The van der Waals surface area contributed by atoms with E-state index in [-0.39, 0.29) is 11.5 Å². The van der Waals surface area contributed by atoms with Gasteiger partial charge in [-0.1, -0.05) is 36.4 Å². The van der Waals surface area contributed by atoms with Crippen molar-refractivity contribution in [2.75, 3.05) is 10.2 Å². The number of esters is 2. The molecule has 1 N–H and O–H groups in total. The molecule has 1 fully saturated rings. The largest absolute Gasteiger partial charge is 0.419 e. The predicted octanol–water partition coefficient (Wildman–Crippen LogP) is 4.80. The first-order chi connectivity index (χ1) is 15.8. The average Bonchev–Trinajstić information content (AvgIpc) is 2.80. The van der Waals surface area contributed by atoms with Gasteiger partial charge in [0.15, 0.2) is 5.57 Å². The Balaban J connectivity index is 1.58. The van der Waals surface area contributed by atoms with Gasteiger partial charge in [0.1, 0.15) is 0 Å². The maximum absolute atomic E-state index is 13.3. The molecule has 0 bridgehead atoms. The molecular formula is C26H22N2O5. The first-order valence-electron chi connectivity index (χ1n) is 10.3. The fraction of sp³-hybridized carbons (Fsp3) is 0.115. The maximum atomic E-state index is 13.3. The number of benzene rings is 3. The third kappa shape index (κ3) is 4.93. The summed E-state index contributed by atoms with van der Waals surface area (Å²) in [7, 11) is 0. The second-order valence-corrected chi connectivity index (χ2v) is 7.77. The van der Waals surface area contributed by atoms with E-state index < -0.39 is 17.7 Å². The van der Waals surface area contributed by atoms with E-state index in [1.165, 1.54) is 20.0 Å². The van der Waals surface area contributed by atoms with E-state index in [9.17, 15) is 14.4 Å². The van der Waals surface area contributed by atoms with Crippen molar-refractivity contribution in [3.63, 3.8) is 0 Å². The summed E-state index contributed by atoms with van der Waals surface area (Å²) < 4.78 is 10.2. The Kier molecular flexibility index (Phi) is 5.95. The second-order valence-electron chi connectivity index (χ2n) is 7.77. The van der Waals surface area contributed by atoms with Crippen LogP contribution in [0.1, 0.15) is 24.2 Å². The zero-order valence-corrected chi connectivity index (χ0v) is 18.1. The molecule has 0 unspecified atom stereocenters. The van der Waals surface area contributed by atoms with Crippen LogP contribution in [-0.4, -0.2) is 23.6 Å². The smallest absolute Gasteiger partial charge is 0.350 e. The minimum atomic E-state index is -1.29. The van der Waals surface area contributed by atoms with Crippen molar-refractivity contribution < 1.29 is 23.9 Å². The maximum Gasteiger partial charge on any atom is 0.350 e. The van der Waals surface area contributed by atoms with Crippen LogP contribution in [0.15, 0.2) is 96.7 Å². The Bertz CT molecular complexity index is 1180. The average molecular weight is 442 g/mol. The lowest BCUT2D eigenvalue weighted by molar-refractivity contribution is -0.222. The van der Waals surface area contributed by atoms with Gasteiger partial charge in [-0.05, 0) is 48.5 Å². The standard InChI is InChI=1S/C26H22N2O5/c1-26(2)32-24(30)22(25(31)33-26)17-27-19-13-15-21(16-14-19)28(20-11-7-4-8-12-20)23(29)18-9-5-3-6-10-18/h3-17,27H,1-2H3. The van der Waals surface area contributed by atoms with Gasteiger partial charge in [0.05, 0.1) is 0 Å². The number of para-hydroxylation sites is 1. The molecule has 0 spiro atoms. The van der Waals surface area contributed by atoms with Gasteiger partial charge in [0.25, 0.3) is 11.7 Å². The first-order valence-corrected chi connectivity index (χ1v) is 10.3. The highest BCUT2D eigenvalue weighted by Gasteiger charge is 2.38. The number of nitrogens with zero attached hydrogens (tertiary/aromatic N) is 1. The topological polar surface area (TPSA) is 84.9 Å². The minimum absolute atomic E-state index is 0.167. The summed E-state index contributed by atoms with van der Waals surface area (Å²) in [5.74, 6) is -2.98. The van der Waals surface area contributed by atoms with Gasteiger partial charge < -0.3 is 14.8 Å². The monoisotopic (exact) mass is 442 g/mol. The molecule has 1 saturated heterocycles. The molecule has 4 rings (SSSR count). The van der Waals surface area contributed by atoms with Crippen molar-refractivity contribution in [1.29, 1.82) is 0 Å². The molecule has 1 heterocycles. The molecule has 1 amide bonds. The molecule has 0 saturated carbocycles. The quantitative estimate of drug-likeness (QED) is 0.347. The molecular weight excluding hydrogens is 420 g/mol. The first kappa shape index (κ1) is 21.8. The van der Waals surface area contributed by atoms with Crippen LogP contribution in [0.4, 0.5) is 17.1 Å². The van der Waals surface area contributed by atoms with Gasteiger partial charge >= 0.3 is 11.9 Å². The molecule has 1 aliphatic heterocycles. The molecule has 0 aromatic heterocycles. The van der Waals surface area contributed by atoms with Crippen LogP contribution in [0.25, 0.3) is 0 Å². The summed E-state index contributed by atoms with van der Waals surface area (Å²) in [5, 5.41) is 2.90. The number of cyclic esters (lactones) is 2. The fourth-order valence-electron chi connectivity index (χ4n) is 3.31. The Morgan fingerprint density at radius 1 is 0.788 bits per heavy atom. The van der Waals surface area contributed by atoms with Crippen molar-refractivity contribution in [3.8, 4) is 0 Å². The van der Waals surface area contributed by atoms with E-state index in [2.05, 4.69) is 5.32 Å². The van der Waals surface area contributed by atoms with Gasteiger partial charge in [0, 0.05) is 42.7 Å². The van der Waals surface area contributed by atoms with Gasteiger partial charge in [-0.25, -0.2) is 9.59 Å². The third-order valence-electron chi connectivity index (χ3n) is 4.86. The highest BCUT2D eigenvalue weighted by molar-refractivity contribution is 6.15. The van der Waals surface area contributed by atoms with Crippen molar-refractivity contribution in [3.05, 3.63) is 102 Å². The molecule has 1 aliphatic rings. The van der Waals surface area contributed by atoms with Gasteiger partial charge in [-0.3, -0.25) is 9.69 Å². The minimum Gasteiger partial charge on any atom is -0.419 e. The van der Waals surface area contributed by atoms with E-state index in [0.717, 1.165) is 5.69 Å². The second kappa shape index (κ2) is 9.00. The van der Waals surface area contributed by atoms with E-state index >= 15 is 0 Å². The summed E-state index contributed by atoms with van der Waals surface area (Å²) >= 11 is 0. The molecule has 0 aliphatic carbocycles. The Hall–Kier alpha value is -4.39. The van der Waals surface area contributed by atoms with E-state index in [4.69, 9.17) is 9.47 Å². The van der Waals surface area contributed by atoms with Crippen molar-refractivity contribution in [1.82, 2.24) is 0 Å². The highest BCUT2D eigenvalue weighted by Crippen LogP contribution is 2.29. The lowest BCUT2D eigenvalue weighted by Crippen LogP contribution is -2.42. The van der Waals surface area contributed by atoms with Crippen molar-refractivity contribution in [2.45, 2.75) is 19.6 Å². The number of hydrogen-bond donors (Lipinski definition) is 1. The van der Waals surface area contributed by atoms with Crippen LogP contribution < -0.4 is 10.2 Å². The molecule has 3 aromatic carbocycles. The Morgan fingerprint density at radius 3 is 1.88 bits per heavy atom. The lowest BCUT2D eigenvalue weighted by atomic mass is 10.1. The Labute approximate surface area is 191 Å². The fourth-order valence-corrected chi connectivity index (χ4v) is 3.31. The number of carbonyl (C=O) groups is 3. The van der Waals surface area contributed by atoms with Crippen LogP contribution in [0.5, 0.6) is 0 Å². The molecule has 0 radical (unpaired) electrons. The number of anilines is 3.